The van der Waals surface area contributed by atoms with Gasteiger partial charge in [-0.15, -0.1) is 0 Å². The molecule has 0 spiro atoms. The van der Waals surface area contributed by atoms with Gasteiger partial charge in [-0.1, -0.05) is 0 Å². The van der Waals surface area contributed by atoms with Gasteiger partial charge in [0.25, 0.3) is 0 Å². The van der Waals surface area contributed by atoms with Crippen LogP contribution in [0.5, 0.6) is 0 Å². The lowest BCUT2D eigenvalue weighted by Gasteiger charge is -2.35. The predicted molar refractivity (Wildman–Crippen MR) is 56.0 cm³/mol. The third-order valence-corrected chi connectivity index (χ3v) is 3.68. The van der Waals surface area contributed by atoms with Crippen LogP contribution in [0, 0.1) is 0 Å². The molecule has 13 heavy (non-hydrogen) atoms. The second-order valence-electron chi connectivity index (χ2n) is 3.47. The SMILES string of the molecule is NCC1(OCCCO)CCCSC1. The molecule has 3 N–H and O–H groups in total. The molecule has 1 unspecified atom stereocenters. The van der Waals surface area contributed by atoms with E-state index < -0.39 is 0 Å². The lowest BCUT2D eigenvalue weighted by molar-refractivity contribution is -0.0337. The van der Waals surface area contributed by atoms with Crippen LogP contribution >= 0.6 is 11.8 Å². The molecule has 0 saturated carbocycles. The molecule has 1 heterocycles. The van der Waals surface area contributed by atoms with E-state index in [9.17, 15) is 0 Å². The Morgan fingerprint density at radius 2 is 2.38 bits per heavy atom. The van der Waals surface area contributed by atoms with E-state index in [2.05, 4.69) is 0 Å². The van der Waals surface area contributed by atoms with E-state index in [1.54, 1.807) is 0 Å². The van der Waals surface area contributed by atoms with Gasteiger partial charge >= 0.3 is 0 Å². The molecule has 1 rings (SSSR count). The molecule has 1 atom stereocenters. The first-order valence-electron chi connectivity index (χ1n) is 4.86. The summed E-state index contributed by atoms with van der Waals surface area (Å²) in [4.78, 5) is 0. The fourth-order valence-corrected chi connectivity index (χ4v) is 2.72. The summed E-state index contributed by atoms with van der Waals surface area (Å²) >= 11 is 1.92. The summed E-state index contributed by atoms with van der Waals surface area (Å²) in [5.74, 6) is 2.24. The van der Waals surface area contributed by atoms with Crippen molar-refractivity contribution in [3.05, 3.63) is 0 Å². The molecule has 0 bridgehead atoms. The molecule has 1 fully saturated rings. The van der Waals surface area contributed by atoms with Crippen molar-refractivity contribution >= 4 is 11.8 Å². The van der Waals surface area contributed by atoms with Gasteiger partial charge in [-0.2, -0.15) is 11.8 Å². The number of hydrogen-bond donors (Lipinski definition) is 2. The van der Waals surface area contributed by atoms with Gasteiger partial charge in [-0.3, -0.25) is 0 Å². The Kier molecular flexibility index (Phi) is 5.09. The van der Waals surface area contributed by atoms with Crippen molar-refractivity contribution in [3.63, 3.8) is 0 Å². The molecule has 0 aromatic carbocycles. The van der Waals surface area contributed by atoms with Crippen molar-refractivity contribution < 1.29 is 9.84 Å². The van der Waals surface area contributed by atoms with E-state index >= 15 is 0 Å². The maximum Gasteiger partial charge on any atom is 0.0894 e. The first-order chi connectivity index (χ1) is 6.33. The van der Waals surface area contributed by atoms with Crippen LogP contribution in [0.3, 0.4) is 0 Å². The van der Waals surface area contributed by atoms with Crippen molar-refractivity contribution in [3.8, 4) is 0 Å². The third kappa shape index (κ3) is 3.46. The number of rotatable bonds is 5. The Morgan fingerprint density at radius 3 is 2.92 bits per heavy atom. The van der Waals surface area contributed by atoms with Crippen LogP contribution in [0.4, 0.5) is 0 Å². The standard InChI is InChI=1S/C9H19NO2S/c10-7-9(12-5-2-4-11)3-1-6-13-8-9/h11H,1-8,10H2. The Hall–Kier alpha value is 0.230. The molecule has 0 amide bonds. The average molecular weight is 205 g/mol. The number of ether oxygens (including phenoxy) is 1. The van der Waals surface area contributed by atoms with Crippen LogP contribution in [-0.4, -0.2) is 42.0 Å². The topological polar surface area (TPSA) is 55.5 Å². The van der Waals surface area contributed by atoms with Gasteiger partial charge in [0.15, 0.2) is 0 Å². The summed E-state index contributed by atoms with van der Waals surface area (Å²) < 4.78 is 5.75. The lowest BCUT2D eigenvalue weighted by atomic mass is 10.00. The minimum absolute atomic E-state index is 0.0991. The fraction of sp³-hybridized carbons (Fsp3) is 1.00. The maximum absolute atomic E-state index is 8.64. The molecule has 1 saturated heterocycles. The van der Waals surface area contributed by atoms with E-state index in [0.717, 1.165) is 12.2 Å². The highest BCUT2D eigenvalue weighted by atomic mass is 32.2. The highest BCUT2D eigenvalue weighted by Gasteiger charge is 2.31. The monoisotopic (exact) mass is 205 g/mol. The van der Waals surface area contributed by atoms with Crippen molar-refractivity contribution in [2.45, 2.75) is 24.9 Å². The Morgan fingerprint density at radius 1 is 1.54 bits per heavy atom. The molecule has 1 aliphatic rings. The summed E-state index contributed by atoms with van der Waals surface area (Å²) in [6.07, 6.45) is 2.98. The van der Waals surface area contributed by atoms with E-state index in [4.69, 9.17) is 15.6 Å². The summed E-state index contributed by atoms with van der Waals surface area (Å²) in [5.41, 5.74) is 5.62. The Bertz CT molecular complexity index is 138. The highest BCUT2D eigenvalue weighted by molar-refractivity contribution is 7.99. The highest BCUT2D eigenvalue weighted by Crippen LogP contribution is 2.29. The Balaban J connectivity index is 2.29. The summed E-state index contributed by atoms with van der Waals surface area (Å²) in [6.45, 7) is 1.44. The molecule has 3 nitrogen and oxygen atoms in total. The molecule has 0 aliphatic carbocycles. The molecule has 4 heteroatoms. The number of aliphatic hydroxyl groups is 1. The van der Waals surface area contributed by atoms with Crippen molar-refractivity contribution in [2.24, 2.45) is 5.73 Å². The number of nitrogens with two attached hydrogens (primary N) is 1. The second-order valence-corrected chi connectivity index (χ2v) is 4.57. The molecule has 0 aromatic rings. The zero-order chi connectivity index (χ0) is 9.57. The van der Waals surface area contributed by atoms with Crippen LogP contribution in [0.1, 0.15) is 19.3 Å². The fourth-order valence-electron chi connectivity index (χ4n) is 1.51. The predicted octanol–water partition coefficient (Wildman–Crippen LogP) is 0.610. The van der Waals surface area contributed by atoms with Gasteiger partial charge in [0, 0.05) is 25.5 Å². The summed E-state index contributed by atoms with van der Waals surface area (Å²) in [6, 6.07) is 0. The molecular weight excluding hydrogens is 186 g/mol. The molecule has 0 radical (unpaired) electrons. The van der Waals surface area contributed by atoms with E-state index in [-0.39, 0.29) is 12.2 Å². The molecule has 78 valence electrons. The van der Waals surface area contributed by atoms with Crippen LogP contribution < -0.4 is 5.73 Å². The maximum atomic E-state index is 8.64. The quantitative estimate of drug-likeness (QED) is 0.646. The first kappa shape index (κ1) is 11.3. The van der Waals surface area contributed by atoms with Gasteiger partial charge in [-0.25, -0.2) is 0 Å². The zero-order valence-electron chi connectivity index (χ0n) is 8.00. The number of thioether (sulfide) groups is 1. The van der Waals surface area contributed by atoms with Crippen molar-refractivity contribution in [1.29, 1.82) is 0 Å². The van der Waals surface area contributed by atoms with Crippen LogP contribution in [0.15, 0.2) is 0 Å². The minimum Gasteiger partial charge on any atom is -0.396 e. The average Bonchev–Trinajstić information content (AvgIpc) is 2.20. The van der Waals surface area contributed by atoms with Gasteiger partial charge in [0.1, 0.15) is 0 Å². The van der Waals surface area contributed by atoms with E-state index in [1.165, 1.54) is 12.2 Å². The van der Waals surface area contributed by atoms with Crippen LogP contribution in [0.25, 0.3) is 0 Å². The summed E-state index contributed by atoms with van der Waals surface area (Å²) in [5, 5.41) is 8.64. The van der Waals surface area contributed by atoms with Gasteiger partial charge in [0.2, 0.25) is 0 Å². The third-order valence-electron chi connectivity index (χ3n) is 2.37. The van der Waals surface area contributed by atoms with Crippen molar-refractivity contribution in [1.82, 2.24) is 0 Å². The smallest absolute Gasteiger partial charge is 0.0894 e. The molecule has 1 aliphatic heterocycles. The minimum atomic E-state index is -0.0991. The first-order valence-corrected chi connectivity index (χ1v) is 6.01. The normalized spacial score (nSPS) is 29.1. The van der Waals surface area contributed by atoms with E-state index in [0.29, 0.717) is 19.6 Å². The van der Waals surface area contributed by atoms with E-state index in [1.807, 2.05) is 11.8 Å². The molecular formula is C9H19NO2S. The summed E-state index contributed by atoms with van der Waals surface area (Å²) in [7, 11) is 0. The molecule has 0 aromatic heterocycles. The van der Waals surface area contributed by atoms with Gasteiger partial charge < -0.3 is 15.6 Å². The lowest BCUT2D eigenvalue weighted by Crippen LogP contribution is -2.45. The largest absolute Gasteiger partial charge is 0.396 e. The Labute approximate surface area is 84.0 Å². The number of aliphatic hydroxyl groups excluding tert-OH is 1. The van der Waals surface area contributed by atoms with Crippen LogP contribution in [0.2, 0.25) is 0 Å². The second kappa shape index (κ2) is 5.86. The van der Waals surface area contributed by atoms with Gasteiger partial charge in [-0.05, 0) is 25.0 Å². The zero-order valence-corrected chi connectivity index (χ0v) is 8.81. The van der Waals surface area contributed by atoms with Crippen molar-refractivity contribution in [2.75, 3.05) is 31.3 Å². The van der Waals surface area contributed by atoms with Gasteiger partial charge in [0.05, 0.1) is 5.60 Å². The van der Waals surface area contributed by atoms with Crippen LogP contribution in [-0.2, 0) is 4.74 Å². The number of hydrogen-bond acceptors (Lipinski definition) is 4.